The van der Waals surface area contributed by atoms with Gasteiger partial charge < -0.3 is 5.11 Å². The molecule has 1 atom stereocenters. The fraction of sp³-hybridized carbons (Fsp3) is 1.00. The lowest BCUT2D eigenvalue weighted by atomic mass is 10.1. The Bertz CT molecular complexity index is 113. The smallest absolute Gasteiger partial charge is 0.0633 e. The second kappa shape index (κ2) is 7.69. The maximum atomic E-state index is 9.56. The molecule has 0 aromatic rings. The summed E-state index contributed by atoms with van der Waals surface area (Å²) >= 11 is 1.88. The lowest BCUT2D eigenvalue weighted by molar-refractivity contribution is 0.172. The van der Waals surface area contributed by atoms with Gasteiger partial charge in [-0.3, -0.25) is 0 Å². The third-order valence-corrected chi connectivity index (χ3v) is 3.04. The van der Waals surface area contributed by atoms with Gasteiger partial charge in [0, 0.05) is 5.75 Å². The van der Waals surface area contributed by atoms with Crippen LogP contribution in [-0.4, -0.2) is 22.7 Å². The van der Waals surface area contributed by atoms with E-state index in [2.05, 4.69) is 27.7 Å². The Morgan fingerprint density at radius 2 is 1.69 bits per heavy atom. The monoisotopic (exact) mass is 204 g/mol. The minimum absolute atomic E-state index is 0.0998. The minimum Gasteiger partial charge on any atom is -0.392 e. The van der Waals surface area contributed by atoms with Gasteiger partial charge in [-0.15, -0.1) is 0 Å². The molecule has 0 saturated heterocycles. The van der Waals surface area contributed by atoms with E-state index in [1.165, 1.54) is 12.2 Å². The van der Waals surface area contributed by atoms with Gasteiger partial charge in [-0.1, -0.05) is 27.7 Å². The van der Waals surface area contributed by atoms with E-state index in [9.17, 15) is 5.11 Å². The molecule has 0 aliphatic carbocycles. The molecule has 0 fully saturated rings. The zero-order valence-electron chi connectivity index (χ0n) is 9.42. The first-order valence-electron chi connectivity index (χ1n) is 5.28. The van der Waals surface area contributed by atoms with Gasteiger partial charge in [0.25, 0.3) is 0 Å². The summed E-state index contributed by atoms with van der Waals surface area (Å²) in [6, 6.07) is 0. The van der Waals surface area contributed by atoms with Crippen molar-refractivity contribution in [2.75, 3.05) is 11.5 Å². The van der Waals surface area contributed by atoms with Crippen molar-refractivity contribution in [3.05, 3.63) is 0 Å². The number of aliphatic hydroxyl groups excluding tert-OH is 1. The van der Waals surface area contributed by atoms with Crippen LogP contribution in [0.1, 0.15) is 40.5 Å². The van der Waals surface area contributed by atoms with Gasteiger partial charge in [0.2, 0.25) is 0 Å². The van der Waals surface area contributed by atoms with E-state index in [0.29, 0.717) is 5.92 Å². The third kappa shape index (κ3) is 10.2. The summed E-state index contributed by atoms with van der Waals surface area (Å²) in [6.45, 7) is 8.79. The molecule has 0 aliphatic rings. The van der Waals surface area contributed by atoms with E-state index in [1.54, 1.807) is 0 Å². The van der Waals surface area contributed by atoms with Crippen LogP contribution in [0.15, 0.2) is 0 Å². The fourth-order valence-corrected chi connectivity index (χ4v) is 2.36. The van der Waals surface area contributed by atoms with E-state index in [0.717, 1.165) is 18.1 Å². The summed E-state index contributed by atoms with van der Waals surface area (Å²) in [7, 11) is 0. The second-order valence-electron chi connectivity index (χ2n) is 4.54. The Labute approximate surface area is 87.3 Å². The molecule has 80 valence electrons. The molecule has 0 bridgehead atoms. The molecule has 0 aromatic heterocycles. The molecule has 13 heavy (non-hydrogen) atoms. The maximum absolute atomic E-state index is 9.56. The van der Waals surface area contributed by atoms with E-state index < -0.39 is 0 Å². The largest absolute Gasteiger partial charge is 0.392 e. The Morgan fingerprint density at radius 3 is 2.15 bits per heavy atom. The van der Waals surface area contributed by atoms with Gasteiger partial charge in [0.05, 0.1) is 6.10 Å². The van der Waals surface area contributed by atoms with Crippen molar-refractivity contribution in [1.29, 1.82) is 0 Å². The molecule has 0 saturated carbocycles. The minimum atomic E-state index is -0.0998. The molecule has 0 spiro atoms. The molecule has 1 nitrogen and oxygen atoms in total. The first kappa shape index (κ1) is 13.3. The van der Waals surface area contributed by atoms with E-state index >= 15 is 0 Å². The number of aliphatic hydroxyl groups is 1. The van der Waals surface area contributed by atoms with Crippen LogP contribution in [0.3, 0.4) is 0 Å². The molecule has 0 rings (SSSR count). The Kier molecular flexibility index (Phi) is 7.87. The SMILES string of the molecule is CC(C)CCSCC(O)CC(C)C. The van der Waals surface area contributed by atoms with Crippen molar-refractivity contribution >= 4 is 11.8 Å². The van der Waals surface area contributed by atoms with Crippen LogP contribution < -0.4 is 0 Å². The van der Waals surface area contributed by atoms with Gasteiger partial charge in [0.15, 0.2) is 0 Å². The Hall–Kier alpha value is 0.310. The van der Waals surface area contributed by atoms with Gasteiger partial charge in [-0.2, -0.15) is 11.8 Å². The molecule has 0 radical (unpaired) electrons. The third-order valence-electron chi connectivity index (χ3n) is 1.89. The summed E-state index contributed by atoms with van der Waals surface area (Å²) in [5.41, 5.74) is 0. The highest BCUT2D eigenvalue weighted by Gasteiger charge is 2.06. The summed E-state index contributed by atoms with van der Waals surface area (Å²) < 4.78 is 0. The molecular weight excluding hydrogens is 180 g/mol. The highest BCUT2D eigenvalue weighted by atomic mass is 32.2. The summed E-state index contributed by atoms with van der Waals surface area (Å²) in [5.74, 6) is 3.49. The fourth-order valence-electron chi connectivity index (χ4n) is 1.15. The van der Waals surface area contributed by atoms with Crippen LogP contribution in [0.25, 0.3) is 0 Å². The normalized spacial score (nSPS) is 14.1. The molecule has 0 heterocycles. The summed E-state index contributed by atoms with van der Waals surface area (Å²) in [6.07, 6.45) is 2.10. The van der Waals surface area contributed by atoms with Crippen LogP contribution >= 0.6 is 11.8 Å². The van der Waals surface area contributed by atoms with Crippen LogP contribution in [0.4, 0.5) is 0 Å². The number of hydrogen-bond acceptors (Lipinski definition) is 2. The van der Waals surface area contributed by atoms with Gasteiger partial charge in [0.1, 0.15) is 0 Å². The number of hydrogen-bond donors (Lipinski definition) is 1. The lowest BCUT2D eigenvalue weighted by Crippen LogP contribution is -2.13. The van der Waals surface area contributed by atoms with E-state index in [1.807, 2.05) is 11.8 Å². The molecule has 1 N–H and O–H groups in total. The quantitative estimate of drug-likeness (QED) is 0.643. The highest BCUT2D eigenvalue weighted by Crippen LogP contribution is 2.13. The molecule has 2 heteroatoms. The maximum Gasteiger partial charge on any atom is 0.0633 e. The van der Waals surface area contributed by atoms with Crippen molar-refractivity contribution in [3.63, 3.8) is 0 Å². The van der Waals surface area contributed by atoms with Crippen LogP contribution in [0.5, 0.6) is 0 Å². The zero-order valence-corrected chi connectivity index (χ0v) is 10.2. The summed E-state index contributed by atoms with van der Waals surface area (Å²) in [5, 5.41) is 9.56. The molecule has 0 aromatic carbocycles. The number of thioether (sulfide) groups is 1. The molecule has 0 aliphatic heterocycles. The number of rotatable bonds is 7. The van der Waals surface area contributed by atoms with Crippen molar-refractivity contribution in [3.8, 4) is 0 Å². The zero-order chi connectivity index (χ0) is 10.3. The Morgan fingerprint density at radius 1 is 1.08 bits per heavy atom. The second-order valence-corrected chi connectivity index (χ2v) is 5.69. The van der Waals surface area contributed by atoms with Crippen molar-refractivity contribution < 1.29 is 5.11 Å². The van der Waals surface area contributed by atoms with Crippen LogP contribution in [-0.2, 0) is 0 Å². The van der Waals surface area contributed by atoms with Crippen molar-refractivity contribution in [1.82, 2.24) is 0 Å². The molecule has 1 unspecified atom stereocenters. The predicted molar refractivity (Wildman–Crippen MR) is 62.2 cm³/mol. The van der Waals surface area contributed by atoms with E-state index in [4.69, 9.17) is 0 Å². The van der Waals surface area contributed by atoms with Gasteiger partial charge >= 0.3 is 0 Å². The predicted octanol–water partition coefficient (Wildman–Crippen LogP) is 3.17. The first-order chi connectivity index (χ1) is 6.02. The van der Waals surface area contributed by atoms with Gasteiger partial charge in [-0.25, -0.2) is 0 Å². The lowest BCUT2D eigenvalue weighted by Gasteiger charge is -2.12. The standard InChI is InChI=1S/C11H24OS/c1-9(2)5-6-13-8-11(12)7-10(3)4/h9-12H,5-8H2,1-4H3. The van der Waals surface area contributed by atoms with Crippen molar-refractivity contribution in [2.24, 2.45) is 11.8 Å². The van der Waals surface area contributed by atoms with Crippen LogP contribution in [0.2, 0.25) is 0 Å². The highest BCUT2D eigenvalue weighted by molar-refractivity contribution is 7.99. The first-order valence-corrected chi connectivity index (χ1v) is 6.43. The average Bonchev–Trinajstić information content (AvgIpc) is 1.96. The average molecular weight is 204 g/mol. The van der Waals surface area contributed by atoms with Gasteiger partial charge in [-0.05, 0) is 30.4 Å². The summed E-state index contributed by atoms with van der Waals surface area (Å²) in [4.78, 5) is 0. The topological polar surface area (TPSA) is 20.2 Å². The molecule has 0 amide bonds. The van der Waals surface area contributed by atoms with Crippen molar-refractivity contribution in [2.45, 2.75) is 46.6 Å². The van der Waals surface area contributed by atoms with Crippen LogP contribution in [0, 0.1) is 11.8 Å². The van der Waals surface area contributed by atoms with E-state index in [-0.39, 0.29) is 6.10 Å². The Balaban J connectivity index is 3.22. The molecular formula is C11H24OS.